The number of amides is 1. The molecule has 0 saturated heterocycles. The Morgan fingerprint density at radius 1 is 1.25 bits per heavy atom. The molecule has 2 aromatic heterocycles. The Morgan fingerprint density at radius 3 is 2.83 bits per heavy atom. The zero-order valence-electron chi connectivity index (χ0n) is 18.8. The number of aromatic nitrogens is 3. The number of aryl methyl sites for hydroxylation is 1. The van der Waals surface area contributed by atoms with Crippen LogP contribution in [-0.2, 0) is 17.7 Å². The van der Waals surface area contributed by atoms with Gasteiger partial charge >= 0.3 is 6.36 Å². The van der Waals surface area contributed by atoms with Gasteiger partial charge in [0.25, 0.3) is 5.91 Å². The number of hydrogen-bond acceptors (Lipinski definition) is 7. The first-order valence-electron chi connectivity index (χ1n) is 11.2. The van der Waals surface area contributed by atoms with Crippen molar-refractivity contribution in [1.82, 2.24) is 20.1 Å². The van der Waals surface area contributed by atoms with Crippen molar-refractivity contribution in [1.29, 1.82) is 5.26 Å². The van der Waals surface area contributed by atoms with Gasteiger partial charge in [-0.15, -0.1) is 13.2 Å². The Labute approximate surface area is 203 Å². The first-order valence-corrected chi connectivity index (χ1v) is 11.2. The van der Waals surface area contributed by atoms with E-state index in [9.17, 15) is 18.0 Å². The fourth-order valence-corrected chi connectivity index (χ4v) is 4.12. The van der Waals surface area contributed by atoms with Crippen LogP contribution in [0.3, 0.4) is 0 Å². The van der Waals surface area contributed by atoms with Crippen LogP contribution >= 0.6 is 0 Å². The predicted octanol–water partition coefficient (Wildman–Crippen LogP) is 3.24. The van der Waals surface area contributed by atoms with Gasteiger partial charge in [-0.3, -0.25) is 9.53 Å². The first-order chi connectivity index (χ1) is 17.3. The Kier molecular flexibility index (Phi) is 6.24. The van der Waals surface area contributed by atoms with Crippen LogP contribution in [0.5, 0.6) is 11.6 Å². The van der Waals surface area contributed by atoms with Crippen LogP contribution in [-0.4, -0.2) is 52.4 Å². The van der Waals surface area contributed by atoms with E-state index in [2.05, 4.69) is 20.1 Å². The van der Waals surface area contributed by atoms with Gasteiger partial charge in [0.15, 0.2) is 5.69 Å². The smallest absolute Gasteiger partial charge is 0.491 e. The number of rotatable bonds is 5. The van der Waals surface area contributed by atoms with E-state index >= 15 is 0 Å². The lowest BCUT2D eigenvalue weighted by Crippen LogP contribution is -2.42. The van der Waals surface area contributed by atoms with Gasteiger partial charge in [0.1, 0.15) is 30.2 Å². The van der Waals surface area contributed by atoms with E-state index in [1.165, 1.54) is 10.7 Å². The van der Waals surface area contributed by atoms with Crippen molar-refractivity contribution in [3.8, 4) is 28.8 Å². The number of hydrogen-bond donors (Lipinski definition) is 1. The number of pyridine rings is 1. The molecule has 1 N–H and O–H groups in total. The van der Waals surface area contributed by atoms with Crippen molar-refractivity contribution in [3.05, 3.63) is 59.5 Å². The minimum atomic E-state index is -4.73. The normalized spacial score (nSPS) is 18.7. The average molecular weight is 499 g/mol. The summed E-state index contributed by atoms with van der Waals surface area (Å²) in [5.41, 5.74) is 3.10. The van der Waals surface area contributed by atoms with Crippen molar-refractivity contribution in [2.45, 2.75) is 37.9 Å². The average Bonchev–Trinajstić information content (AvgIpc) is 3.30. The molecule has 12 heteroatoms. The fraction of sp³-hybridized carbons (Fsp3) is 0.333. The number of ether oxygens (including phenoxy) is 3. The quantitative estimate of drug-likeness (QED) is 0.574. The molecule has 3 aromatic rings. The fourth-order valence-electron chi connectivity index (χ4n) is 4.12. The lowest BCUT2D eigenvalue weighted by atomic mass is 9.97. The molecule has 0 radical (unpaired) electrons. The number of nitriles is 1. The summed E-state index contributed by atoms with van der Waals surface area (Å²) in [5, 5.41) is 16.0. The Bertz CT molecular complexity index is 1320. The minimum Gasteiger partial charge on any atom is -0.491 e. The highest BCUT2D eigenvalue weighted by atomic mass is 19.4. The third-order valence-electron chi connectivity index (χ3n) is 5.87. The highest BCUT2D eigenvalue weighted by molar-refractivity contribution is 5.92. The van der Waals surface area contributed by atoms with E-state index in [0.29, 0.717) is 18.7 Å². The molecular formula is C24H20F3N5O4. The number of halogens is 3. The van der Waals surface area contributed by atoms with Crippen molar-refractivity contribution in [3.63, 3.8) is 0 Å². The molecule has 0 aliphatic carbocycles. The highest BCUT2D eigenvalue weighted by Gasteiger charge is 2.33. The zero-order chi connectivity index (χ0) is 25.3. The molecule has 4 heterocycles. The van der Waals surface area contributed by atoms with Crippen LogP contribution < -0.4 is 14.8 Å². The minimum absolute atomic E-state index is 0.102. The Morgan fingerprint density at radius 2 is 2.08 bits per heavy atom. The number of nitrogens with zero attached hydrogens (tertiary/aromatic N) is 4. The molecule has 0 spiro atoms. The van der Waals surface area contributed by atoms with Crippen LogP contribution in [0.25, 0.3) is 11.1 Å². The van der Waals surface area contributed by atoms with E-state index in [4.69, 9.17) is 14.7 Å². The van der Waals surface area contributed by atoms with E-state index in [1.54, 1.807) is 12.3 Å². The van der Waals surface area contributed by atoms with Gasteiger partial charge in [-0.1, -0.05) is 6.07 Å². The first kappa shape index (κ1) is 23.6. The monoisotopic (exact) mass is 499 g/mol. The van der Waals surface area contributed by atoms with Gasteiger partial charge in [-0.05, 0) is 41.8 Å². The van der Waals surface area contributed by atoms with Gasteiger partial charge in [-0.2, -0.15) is 10.4 Å². The summed E-state index contributed by atoms with van der Waals surface area (Å²) in [6, 6.07) is 12.3. The van der Waals surface area contributed by atoms with E-state index < -0.39 is 25.0 Å². The zero-order valence-corrected chi connectivity index (χ0v) is 18.8. The molecule has 0 bridgehead atoms. The van der Waals surface area contributed by atoms with Crippen molar-refractivity contribution in [2.75, 3.05) is 13.2 Å². The topological polar surface area (TPSA) is 111 Å². The van der Waals surface area contributed by atoms with Gasteiger partial charge in [0.05, 0.1) is 12.6 Å². The molecule has 1 aromatic carbocycles. The van der Waals surface area contributed by atoms with Crippen LogP contribution in [0.2, 0.25) is 0 Å². The van der Waals surface area contributed by atoms with Gasteiger partial charge < -0.3 is 14.8 Å². The van der Waals surface area contributed by atoms with Crippen LogP contribution in [0.15, 0.2) is 42.6 Å². The predicted molar refractivity (Wildman–Crippen MR) is 118 cm³/mol. The SMILES string of the molecule is N#Cc1ccc(-c2ccc3c(c2)C[C@@H](NC(=O)c2cc4n(n2)CCC(COC(F)(F)F)O4)CO3)cn1. The summed E-state index contributed by atoms with van der Waals surface area (Å²) < 4.78 is 53.5. The second-order valence-electron chi connectivity index (χ2n) is 8.43. The third kappa shape index (κ3) is 5.26. The molecule has 186 valence electrons. The molecule has 2 aliphatic rings. The van der Waals surface area contributed by atoms with Crippen molar-refractivity contribution in [2.24, 2.45) is 0 Å². The molecule has 0 saturated carbocycles. The number of nitrogens with one attached hydrogen (secondary N) is 1. The number of carbonyl (C=O) groups is 1. The lowest BCUT2D eigenvalue weighted by molar-refractivity contribution is -0.330. The van der Waals surface area contributed by atoms with E-state index in [0.717, 1.165) is 22.4 Å². The number of fused-ring (bicyclic) bond motifs is 2. The second-order valence-corrected chi connectivity index (χ2v) is 8.43. The molecule has 1 unspecified atom stereocenters. The van der Waals surface area contributed by atoms with E-state index in [-0.39, 0.29) is 30.6 Å². The van der Waals surface area contributed by atoms with E-state index in [1.807, 2.05) is 30.3 Å². The molecule has 1 amide bonds. The summed E-state index contributed by atoms with van der Waals surface area (Å²) in [6.45, 7) is -0.0472. The highest BCUT2D eigenvalue weighted by Crippen LogP contribution is 2.30. The van der Waals surface area contributed by atoms with Crippen LogP contribution in [0, 0.1) is 11.3 Å². The molecule has 36 heavy (non-hydrogen) atoms. The number of alkyl halides is 3. The summed E-state index contributed by atoms with van der Waals surface area (Å²) in [4.78, 5) is 16.9. The molecule has 2 atom stereocenters. The van der Waals surface area contributed by atoms with Crippen LogP contribution in [0.1, 0.15) is 28.2 Å². The van der Waals surface area contributed by atoms with Crippen molar-refractivity contribution < 1.29 is 32.2 Å². The molecular weight excluding hydrogens is 479 g/mol. The number of carbonyl (C=O) groups excluding carboxylic acids is 1. The van der Waals surface area contributed by atoms with Crippen molar-refractivity contribution >= 4 is 5.91 Å². The second kappa shape index (κ2) is 9.50. The maximum absolute atomic E-state index is 12.8. The van der Waals surface area contributed by atoms with Gasteiger partial charge in [0, 0.05) is 30.8 Å². The molecule has 5 rings (SSSR count). The Balaban J connectivity index is 1.22. The maximum Gasteiger partial charge on any atom is 0.522 e. The summed E-state index contributed by atoms with van der Waals surface area (Å²) in [6.07, 6.45) is -3.08. The summed E-state index contributed by atoms with van der Waals surface area (Å²) in [7, 11) is 0. The largest absolute Gasteiger partial charge is 0.522 e. The maximum atomic E-state index is 12.8. The molecule has 2 aliphatic heterocycles. The Hall–Kier alpha value is -4.11. The summed E-state index contributed by atoms with van der Waals surface area (Å²) >= 11 is 0. The standard InChI is InChI=1S/C24H20F3N5O4/c25-24(26,27)35-13-19-5-6-32-22(36-19)9-20(31-32)23(33)30-18-8-16-7-14(2-4-21(16)34-12-18)15-1-3-17(10-28)29-11-15/h1-4,7,9,11,18-19H,5-6,8,12-13H2,(H,30,33)/t18-,19?/m1/s1. The third-order valence-corrected chi connectivity index (χ3v) is 5.87. The van der Waals surface area contributed by atoms with Gasteiger partial charge in [0.2, 0.25) is 5.88 Å². The van der Waals surface area contributed by atoms with Gasteiger partial charge in [-0.25, -0.2) is 9.67 Å². The van der Waals surface area contributed by atoms with Crippen LogP contribution in [0.4, 0.5) is 13.2 Å². The molecule has 0 fully saturated rings. The lowest BCUT2D eigenvalue weighted by Gasteiger charge is -2.26. The molecule has 9 nitrogen and oxygen atoms in total. The number of benzene rings is 1. The summed E-state index contributed by atoms with van der Waals surface area (Å²) in [5.74, 6) is 0.505.